The summed E-state index contributed by atoms with van der Waals surface area (Å²) in [6.07, 6.45) is 2.98. The van der Waals surface area contributed by atoms with E-state index in [0.29, 0.717) is 18.6 Å². The second kappa shape index (κ2) is 8.96. The van der Waals surface area contributed by atoms with Gasteiger partial charge < -0.3 is 9.47 Å². The van der Waals surface area contributed by atoms with E-state index in [2.05, 4.69) is 5.48 Å². The van der Waals surface area contributed by atoms with Crippen LogP contribution in [-0.2, 0) is 19.1 Å². The zero-order valence-electron chi connectivity index (χ0n) is 13.6. The Kier molecular flexibility index (Phi) is 6.95. The zero-order valence-corrected chi connectivity index (χ0v) is 13.6. The molecule has 1 aliphatic rings. The lowest BCUT2D eigenvalue weighted by atomic mass is 10.0. The fourth-order valence-corrected chi connectivity index (χ4v) is 2.54. The van der Waals surface area contributed by atoms with Crippen molar-refractivity contribution in [1.29, 1.82) is 0 Å². The summed E-state index contributed by atoms with van der Waals surface area (Å²) < 4.78 is 24.1. The molecule has 2 atom stereocenters. The molecule has 1 saturated heterocycles. The number of carbonyl (C=O) groups excluding carboxylic acids is 1. The predicted octanol–water partition coefficient (Wildman–Crippen LogP) is 3.18. The number of benzene rings is 1. The second-order valence-corrected chi connectivity index (χ2v) is 5.71. The Balaban J connectivity index is 1.77. The molecule has 1 amide bonds. The van der Waals surface area contributed by atoms with Crippen LogP contribution >= 0.6 is 0 Å². The van der Waals surface area contributed by atoms with Crippen molar-refractivity contribution in [2.24, 2.45) is 0 Å². The lowest BCUT2D eigenvalue weighted by Crippen LogP contribution is -2.33. The first-order valence-corrected chi connectivity index (χ1v) is 7.95. The van der Waals surface area contributed by atoms with Crippen LogP contribution in [0.15, 0.2) is 18.2 Å². The average Bonchev–Trinajstić information content (AvgIpc) is 2.57. The highest BCUT2D eigenvalue weighted by atomic mass is 19.1. The first kappa shape index (κ1) is 17.8. The van der Waals surface area contributed by atoms with Crippen LogP contribution in [0.2, 0.25) is 0 Å². The van der Waals surface area contributed by atoms with Crippen molar-refractivity contribution in [3.8, 4) is 0 Å². The maximum absolute atomic E-state index is 13.3. The van der Waals surface area contributed by atoms with E-state index >= 15 is 0 Å². The van der Waals surface area contributed by atoms with Gasteiger partial charge in [0.1, 0.15) is 5.82 Å². The molecule has 6 heteroatoms. The molecule has 23 heavy (non-hydrogen) atoms. The van der Waals surface area contributed by atoms with Crippen LogP contribution in [0, 0.1) is 12.7 Å². The summed E-state index contributed by atoms with van der Waals surface area (Å²) in [5.41, 5.74) is 3.84. The number of halogens is 1. The van der Waals surface area contributed by atoms with E-state index in [1.165, 1.54) is 6.07 Å². The number of hydrogen-bond donors (Lipinski definition) is 1. The van der Waals surface area contributed by atoms with Crippen LogP contribution in [0.5, 0.6) is 0 Å². The van der Waals surface area contributed by atoms with Gasteiger partial charge in [-0.15, -0.1) is 0 Å². The summed E-state index contributed by atoms with van der Waals surface area (Å²) in [6.45, 7) is 2.37. The Hall–Kier alpha value is -1.50. The standard InChI is InChI=1S/C17H24FNO4/c1-12-11-13(6-7-14(12)18)15(21-2)8-9-16(20)19-23-17-5-3-4-10-22-17/h6-7,11,15,17H,3-5,8-10H2,1-2H3,(H,19,20). The van der Waals surface area contributed by atoms with Gasteiger partial charge in [-0.2, -0.15) is 0 Å². The molecule has 0 spiro atoms. The number of aryl methyl sites for hydroxylation is 1. The van der Waals surface area contributed by atoms with E-state index in [4.69, 9.17) is 14.3 Å². The molecule has 2 rings (SSSR count). The molecule has 1 heterocycles. The summed E-state index contributed by atoms with van der Waals surface area (Å²) >= 11 is 0. The summed E-state index contributed by atoms with van der Waals surface area (Å²) in [4.78, 5) is 17.1. The summed E-state index contributed by atoms with van der Waals surface area (Å²) in [7, 11) is 1.58. The van der Waals surface area contributed by atoms with E-state index in [9.17, 15) is 9.18 Å². The number of nitrogens with one attached hydrogen (secondary N) is 1. The highest BCUT2D eigenvalue weighted by molar-refractivity contribution is 5.74. The summed E-state index contributed by atoms with van der Waals surface area (Å²) in [5, 5.41) is 0. The lowest BCUT2D eigenvalue weighted by molar-refractivity contribution is -0.200. The van der Waals surface area contributed by atoms with E-state index in [1.54, 1.807) is 26.2 Å². The smallest absolute Gasteiger partial charge is 0.243 e. The number of carbonyl (C=O) groups is 1. The monoisotopic (exact) mass is 325 g/mol. The van der Waals surface area contributed by atoms with Gasteiger partial charge in [0.15, 0.2) is 6.29 Å². The molecule has 1 aliphatic heterocycles. The molecular formula is C17H24FNO4. The highest BCUT2D eigenvalue weighted by Gasteiger charge is 2.17. The molecular weight excluding hydrogens is 301 g/mol. The molecule has 0 saturated carbocycles. The molecule has 128 valence electrons. The molecule has 1 aromatic rings. The van der Waals surface area contributed by atoms with Crippen LogP contribution in [0.4, 0.5) is 4.39 Å². The molecule has 2 unspecified atom stereocenters. The Morgan fingerprint density at radius 1 is 1.48 bits per heavy atom. The van der Waals surface area contributed by atoms with Gasteiger partial charge in [0, 0.05) is 26.6 Å². The normalized spacial score (nSPS) is 19.3. The van der Waals surface area contributed by atoms with Crippen molar-refractivity contribution in [1.82, 2.24) is 5.48 Å². The molecule has 0 bridgehead atoms. The van der Waals surface area contributed by atoms with Crippen LogP contribution in [0.3, 0.4) is 0 Å². The molecule has 0 aliphatic carbocycles. The van der Waals surface area contributed by atoms with Crippen molar-refractivity contribution in [2.45, 2.75) is 51.4 Å². The van der Waals surface area contributed by atoms with Crippen molar-refractivity contribution in [3.05, 3.63) is 35.1 Å². The lowest BCUT2D eigenvalue weighted by Gasteiger charge is -2.22. The Bertz CT molecular complexity index is 517. The van der Waals surface area contributed by atoms with Crippen molar-refractivity contribution in [2.75, 3.05) is 13.7 Å². The summed E-state index contributed by atoms with van der Waals surface area (Å²) in [6, 6.07) is 4.84. The third kappa shape index (κ3) is 5.57. The third-order valence-electron chi connectivity index (χ3n) is 3.91. The first-order chi connectivity index (χ1) is 11.1. The van der Waals surface area contributed by atoms with E-state index < -0.39 is 0 Å². The fraction of sp³-hybridized carbons (Fsp3) is 0.588. The van der Waals surface area contributed by atoms with Gasteiger partial charge in [0.2, 0.25) is 5.91 Å². The van der Waals surface area contributed by atoms with Crippen molar-refractivity contribution in [3.63, 3.8) is 0 Å². The topological polar surface area (TPSA) is 56.8 Å². The minimum Gasteiger partial charge on any atom is -0.377 e. The van der Waals surface area contributed by atoms with Crippen LogP contribution in [0.1, 0.15) is 49.3 Å². The maximum Gasteiger partial charge on any atom is 0.243 e. The highest BCUT2D eigenvalue weighted by Crippen LogP contribution is 2.24. The van der Waals surface area contributed by atoms with Gasteiger partial charge in [0.05, 0.1) is 6.10 Å². The predicted molar refractivity (Wildman–Crippen MR) is 82.9 cm³/mol. The zero-order chi connectivity index (χ0) is 16.7. The molecule has 1 N–H and O–H groups in total. The average molecular weight is 325 g/mol. The quantitative estimate of drug-likeness (QED) is 0.782. The Morgan fingerprint density at radius 3 is 2.96 bits per heavy atom. The Morgan fingerprint density at radius 2 is 2.30 bits per heavy atom. The van der Waals surface area contributed by atoms with Crippen molar-refractivity contribution >= 4 is 5.91 Å². The molecule has 0 radical (unpaired) electrons. The SMILES string of the molecule is COC(CCC(=O)NOC1CCCCO1)c1ccc(F)c(C)c1. The molecule has 5 nitrogen and oxygen atoms in total. The van der Waals surface area contributed by atoms with Gasteiger partial charge in [0.25, 0.3) is 0 Å². The Labute approximate surface area is 136 Å². The molecule has 1 aromatic carbocycles. The number of hydrogen-bond acceptors (Lipinski definition) is 4. The number of rotatable bonds is 7. The van der Waals surface area contributed by atoms with Crippen molar-refractivity contribution < 1.29 is 23.5 Å². The number of ether oxygens (including phenoxy) is 2. The number of hydroxylamine groups is 1. The fourth-order valence-electron chi connectivity index (χ4n) is 2.54. The molecule has 1 fully saturated rings. The van der Waals surface area contributed by atoms with Gasteiger partial charge >= 0.3 is 0 Å². The van der Waals surface area contributed by atoms with E-state index in [1.807, 2.05) is 0 Å². The number of amides is 1. The van der Waals surface area contributed by atoms with Gasteiger partial charge in [-0.25, -0.2) is 14.7 Å². The third-order valence-corrected chi connectivity index (χ3v) is 3.91. The first-order valence-electron chi connectivity index (χ1n) is 7.95. The minimum atomic E-state index is -0.356. The van der Waals surface area contributed by atoms with Crippen LogP contribution < -0.4 is 5.48 Å². The minimum absolute atomic E-state index is 0.222. The largest absolute Gasteiger partial charge is 0.377 e. The van der Waals surface area contributed by atoms with E-state index in [-0.39, 0.29) is 30.5 Å². The van der Waals surface area contributed by atoms with Gasteiger partial charge in [-0.3, -0.25) is 4.79 Å². The second-order valence-electron chi connectivity index (χ2n) is 5.71. The molecule has 0 aromatic heterocycles. The van der Waals surface area contributed by atoms with E-state index in [0.717, 1.165) is 24.8 Å². The van der Waals surface area contributed by atoms with Gasteiger partial charge in [-0.1, -0.05) is 12.1 Å². The van der Waals surface area contributed by atoms with Crippen LogP contribution in [0.25, 0.3) is 0 Å². The van der Waals surface area contributed by atoms with Gasteiger partial charge in [-0.05, 0) is 43.4 Å². The summed E-state index contributed by atoms with van der Waals surface area (Å²) in [5.74, 6) is -0.470. The maximum atomic E-state index is 13.3. The number of methoxy groups -OCH3 is 1. The van der Waals surface area contributed by atoms with Crippen LogP contribution in [-0.4, -0.2) is 25.9 Å².